The lowest BCUT2D eigenvalue weighted by Crippen LogP contribution is -2.46. The van der Waals surface area contributed by atoms with Crippen molar-refractivity contribution in [2.24, 2.45) is 5.92 Å². The molecule has 0 saturated heterocycles. The highest BCUT2D eigenvalue weighted by atomic mass is 16.2. The molecule has 2 N–H and O–H groups in total. The van der Waals surface area contributed by atoms with Crippen molar-refractivity contribution in [2.45, 2.75) is 66.0 Å². The Morgan fingerprint density at radius 1 is 1.19 bits per heavy atom. The lowest BCUT2D eigenvalue weighted by atomic mass is 9.95. The standard InChI is InChI=1S/C13H28N2O/c1-7-11(8-2)10(3)15-12(16)9-14-13(4,5)6/h10-11,14H,7-9H2,1-6H3,(H,15,16). The van der Waals surface area contributed by atoms with Gasteiger partial charge in [0.2, 0.25) is 5.91 Å². The Hall–Kier alpha value is -0.570. The highest BCUT2D eigenvalue weighted by Crippen LogP contribution is 2.12. The SMILES string of the molecule is CCC(CC)C(C)NC(=O)CNC(C)(C)C. The van der Waals surface area contributed by atoms with Crippen molar-refractivity contribution in [1.29, 1.82) is 0 Å². The molecule has 3 heteroatoms. The first-order valence-corrected chi connectivity index (χ1v) is 6.34. The first kappa shape index (κ1) is 15.4. The zero-order chi connectivity index (χ0) is 12.8. The molecule has 1 amide bonds. The van der Waals surface area contributed by atoms with Gasteiger partial charge in [-0.05, 0) is 33.6 Å². The van der Waals surface area contributed by atoms with Gasteiger partial charge in [0.05, 0.1) is 6.54 Å². The molecule has 0 aromatic rings. The second-order valence-electron chi connectivity index (χ2n) is 5.54. The van der Waals surface area contributed by atoms with E-state index in [2.05, 4.69) is 52.2 Å². The van der Waals surface area contributed by atoms with Gasteiger partial charge in [0, 0.05) is 11.6 Å². The fourth-order valence-corrected chi connectivity index (χ4v) is 1.76. The van der Waals surface area contributed by atoms with E-state index in [-0.39, 0.29) is 17.5 Å². The third-order valence-electron chi connectivity index (χ3n) is 2.92. The molecular formula is C13H28N2O. The van der Waals surface area contributed by atoms with Crippen LogP contribution in [-0.4, -0.2) is 24.0 Å². The van der Waals surface area contributed by atoms with E-state index in [1.54, 1.807) is 0 Å². The van der Waals surface area contributed by atoms with Crippen molar-refractivity contribution in [3.05, 3.63) is 0 Å². The fourth-order valence-electron chi connectivity index (χ4n) is 1.76. The summed E-state index contributed by atoms with van der Waals surface area (Å²) >= 11 is 0. The van der Waals surface area contributed by atoms with E-state index in [1.165, 1.54) is 0 Å². The molecule has 0 aromatic carbocycles. The van der Waals surface area contributed by atoms with Crippen LogP contribution in [0.4, 0.5) is 0 Å². The lowest BCUT2D eigenvalue weighted by molar-refractivity contribution is -0.121. The molecule has 16 heavy (non-hydrogen) atoms. The maximum absolute atomic E-state index is 11.7. The van der Waals surface area contributed by atoms with Gasteiger partial charge >= 0.3 is 0 Å². The number of amides is 1. The molecule has 0 aliphatic heterocycles. The van der Waals surface area contributed by atoms with E-state index in [0.717, 1.165) is 12.8 Å². The fraction of sp³-hybridized carbons (Fsp3) is 0.923. The van der Waals surface area contributed by atoms with E-state index < -0.39 is 0 Å². The van der Waals surface area contributed by atoms with Crippen molar-refractivity contribution in [1.82, 2.24) is 10.6 Å². The molecule has 0 fully saturated rings. The average Bonchev–Trinajstić information content (AvgIpc) is 2.15. The van der Waals surface area contributed by atoms with Crippen LogP contribution in [-0.2, 0) is 4.79 Å². The first-order valence-electron chi connectivity index (χ1n) is 6.34. The molecule has 0 saturated carbocycles. The van der Waals surface area contributed by atoms with Gasteiger partial charge in [0.25, 0.3) is 0 Å². The maximum atomic E-state index is 11.7. The summed E-state index contributed by atoms with van der Waals surface area (Å²) in [5.74, 6) is 0.674. The van der Waals surface area contributed by atoms with E-state index in [1.807, 2.05) is 0 Å². The van der Waals surface area contributed by atoms with Crippen LogP contribution in [0.25, 0.3) is 0 Å². The third-order valence-corrected chi connectivity index (χ3v) is 2.92. The third kappa shape index (κ3) is 6.83. The molecule has 96 valence electrons. The van der Waals surface area contributed by atoms with Crippen LogP contribution >= 0.6 is 0 Å². The largest absolute Gasteiger partial charge is 0.352 e. The number of hydrogen-bond acceptors (Lipinski definition) is 2. The quantitative estimate of drug-likeness (QED) is 0.732. The minimum Gasteiger partial charge on any atom is -0.352 e. The molecule has 0 heterocycles. The van der Waals surface area contributed by atoms with Crippen LogP contribution in [0.1, 0.15) is 54.4 Å². The Bertz CT molecular complexity index is 204. The predicted molar refractivity (Wildman–Crippen MR) is 69.4 cm³/mol. The van der Waals surface area contributed by atoms with E-state index >= 15 is 0 Å². The topological polar surface area (TPSA) is 41.1 Å². The molecule has 0 aromatic heterocycles. The van der Waals surface area contributed by atoms with Crippen LogP contribution in [0.3, 0.4) is 0 Å². The molecule has 0 rings (SSSR count). The van der Waals surface area contributed by atoms with Crippen molar-refractivity contribution in [2.75, 3.05) is 6.54 Å². The predicted octanol–water partition coefficient (Wildman–Crippen LogP) is 2.32. The maximum Gasteiger partial charge on any atom is 0.234 e. The van der Waals surface area contributed by atoms with Gasteiger partial charge in [0.15, 0.2) is 0 Å². The molecule has 0 radical (unpaired) electrons. The van der Waals surface area contributed by atoms with Crippen LogP contribution < -0.4 is 10.6 Å². The zero-order valence-corrected chi connectivity index (χ0v) is 11.7. The molecule has 3 nitrogen and oxygen atoms in total. The molecule has 0 aliphatic rings. The number of hydrogen-bond donors (Lipinski definition) is 2. The summed E-state index contributed by atoms with van der Waals surface area (Å²) in [5, 5.41) is 6.24. The molecule has 0 bridgehead atoms. The monoisotopic (exact) mass is 228 g/mol. The normalized spacial score (nSPS) is 13.9. The minimum atomic E-state index is -0.00447. The molecule has 1 unspecified atom stereocenters. The summed E-state index contributed by atoms with van der Waals surface area (Å²) in [5.41, 5.74) is -0.00447. The van der Waals surface area contributed by atoms with Gasteiger partial charge in [0.1, 0.15) is 0 Å². The minimum absolute atomic E-state index is 0.00447. The number of rotatable bonds is 6. The Morgan fingerprint density at radius 2 is 1.69 bits per heavy atom. The molecule has 0 aliphatic carbocycles. The van der Waals surface area contributed by atoms with Gasteiger partial charge in [-0.2, -0.15) is 0 Å². The van der Waals surface area contributed by atoms with Gasteiger partial charge in [-0.25, -0.2) is 0 Å². The number of nitrogens with one attached hydrogen (secondary N) is 2. The van der Waals surface area contributed by atoms with Crippen molar-refractivity contribution < 1.29 is 4.79 Å². The second-order valence-corrected chi connectivity index (χ2v) is 5.54. The summed E-state index contributed by atoms with van der Waals surface area (Å²) in [6.45, 7) is 13.0. The average molecular weight is 228 g/mol. The summed E-state index contributed by atoms with van der Waals surface area (Å²) < 4.78 is 0. The summed E-state index contributed by atoms with van der Waals surface area (Å²) in [6.07, 6.45) is 2.23. The molecular weight excluding hydrogens is 200 g/mol. The zero-order valence-electron chi connectivity index (χ0n) is 11.7. The van der Waals surface area contributed by atoms with Gasteiger partial charge < -0.3 is 10.6 Å². The summed E-state index contributed by atoms with van der Waals surface area (Å²) in [6, 6.07) is 0.268. The van der Waals surface area contributed by atoms with Crippen LogP contribution in [0, 0.1) is 5.92 Å². The van der Waals surface area contributed by atoms with E-state index in [9.17, 15) is 4.79 Å². The Balaban J connectivity index is 3.95. The highest BCUT2D eigenvalue weighted by Gasteiger charge is 2.17. The number of carbonyl (C=O) groups excluding carboxylic acids is 1. The van der Waals surface area contributed by atoms with E-state index in [0.29, 0.717) is 12.5 Å². The smallest absolute Gasteiger partial charge is 0.234 e. The van der Waals surface area contributed by atoms with E-state index in [4.69, 9.17) is 0 Å². The summed E-state index contributed by atoms with van der Waals surface area (Å²) in [7, 11) is 0. The first-order chi connectivity index (χ1) is 7.30. The number of carbonyl (C=O) groups is 1. The van der Waals surface area contributed by atoms with Crippen LogP contribution in [0.15, 0.2) is 0 Å². The van der Waals surface area contributed by atoms with Crippen molar-refractivity contribution in [3.8, 4) is 0 Å². The molecule has 1 atom stereocenters. The van der Waals surface area contributed by atoms with Gasteiger partial charge in [-0.1, -0.05) is 26.7 Å². The molecule has 0 spiro atoms. The Kier molecular flexibility index (Phi) is 6.65. The van der Waals surface area contributed by atoms with Gasteiger partial charge in [-0.15, -0.1) is 0 Å². The van der Waals surface area contributed by atoms with Crippen molar-refractivity contribution >= 4 is 5.91 Å². The Morgan fingerprint density at radius 3 is 2.06 bits per heavy atom. The van der Waals surface area contributed by atoms with Crippen molar-refractivity contribution in [3.63, 3.8) is 0 Å². The van der Waals surface area contributed by atoms with Crippen LogP contribution in [0.5, 0.6) is 0 Å². The van der Waals surface area contributed by atoms with Gasteiger partial charge in [-0.3, -0.25) is 4.79 Å². The Labute approximate surface area is 100 Å². The lowest BCUT2D eigenvalue weighted by Gasteiger charge is -2.24. The summed E-state index contributed by atoms with van der Waals surface area (Å²) in [4.78, 5) is 11.7. The highest BCUT2D eigenvalue weighted by molar-refractivity contribution is 5.78. The van der Waals surface area contributed by atoms with Crippen LogP contribution in [0.2, 0.25) is 0 Å². The second kappa shape index (κ2) is 6.89.